The number of hydrogen-bond acceptors (Lipinski definition) is 5. The van der Waals surface area contributed by atoms with E-state index in [-0.39, 0.29) is 5.97 Å². The normalized spacial score (nSPS) is 15.3. The molecule has 0 bridgehead atoms. The fourth-order valence-corrected chi connectivity index (χ4v) is 3.10. The van der Waals surface area contributed by atoms with Crippen LogP contribution in [0.4, 0.5) is 0 Å². The molecule has 0 unspecified atom stereocenters. The maximum atomic E-state index is 11.7. The van der Waals surface area contributed by atoms with Crippen LogP contribution in [0.3, 0.4) is 0 Å². The first-order chi connectivity index (χ1) is 9.15. The minimum atomic E-state index is -0.313. The van der Waals surface area contributed by atoms with Crippen molar-refractivity contribution in [3.8, 4) is 0 Å². The van der Waals surface area contributed by atoms with Crippen LogP contribution in [0.25, 0.3) is 0 Å². The number of amidine groups is 1. The minimum Gasteiger partial charge on any atom is -0.461 e. The number of aromatic nitrogens is 1. The molecule has 0 fully saturated rings. The fraction of sp³-hybridized carbons (Fsp3) is 0.615. The van der Waals surface area contributed by atoms with Gasteiger partial charge in [-0.3, -0.25) is 4.99 Å². The Bertz CT molecular complexity index is 496. The van der Waals surface area contributed by atoms with Crippen LogP contribution in [0.2, 0.25) is 0 Å². The van der Waals surface area contributed by atoms with Gasteiger partial charge in [-0.2, -0.15) is 0 Å². The first-order valence-electron chi connectivity index (χ1n) is 6.57. The Morgan fingerprint density at radius 1 is 1.53 bits per heavy atom. The van der Waals surface area contributed by atoms with Crippen LogP contribution in [0.15, 0.2) is 4.99 Å². The van der Waals surface area contributed by atoms with Crippen LogP contribution in [0.1, 0.15) is 41.1 Å². The molecule has 0 N–H and O–H groups in total. The number of ether oxygens (including phenoxy) is 1. The van der Waals surface area contributed by atoms with Gasteiger partial charge in [0.15, 0.2) is 0 Å². The summed E-state index contributed by atoms with van der Waals surface area (Å²) >= 11 is 1.44. The highest BCUT2D eigenvalue weighted by molar-refractivity contribution is 7.13. The number of hydrogen-bond donors (Lipinski definition) is 0. The SMILES string of the molecule is CC/N=C(\C)N1CCc2nc(C(=O)OCC)sc2C1. The van der Waals surface area contributed by atoms with Crippen molar-refractivity contribution in [2.45, 2.75) is 33.7 Å². The Kier molecular flexibility index (Phi) is 4.52. The second kappa shape index (κ2) is 6.14. The molecule has 0 saturated heterocycles. The third-order valence-corrected chi connectivity index (χ3v) is 4.09. The first-order valence-corrected chi connectivity index (χ1v) is 7.39. The Morgan fingerprint density at radius 2 is 2.32 bits per heavy atom. The highest BCUT2D eigenvalue weighted by Gasteiger charge is 2.23. The molecule has 0 amide bonds. The standard InChI is InChI=1S/C13H19N3O2S/c1-4-14-9(3)16-7-6-10-11(8-16)19-12(15-10)13(17)18-5-2/h4-8H2,1-3H3/b14-9+. The molecule has 0 spiro atoms. The van der Waals surface area contributed by atoms with Gasteiger partial charge in [0.2, 0.25) is 5.01 Å². The molecular formula is C13H19N3O2S. The average Bonchev–Trinajstić information content (AvgIpc) is 2.82. The minimum absolute atomic E-state index is 0.313. The van der Waals surface area contributed by atoms with Gasteiger partial charge in [-0.15, -0.1) is 11.3 Å². The Hall–Kier alpha value is -1.43. The summed E-state index contributed by atoms with van der Waals surface area (Å²) in [4.78, 5) is 23.9. The Balaban J connectivity index is 2.13. The maximum absolute atomic E-state index is 11.7. The van der Waals surface area contributed by atoms with E-state index in [2.05, 4.69) is 14.9 Å². The Labute approximate surface area is 117 Å². The van der Waals surface area contributed by atoms with Crippen molar-refractivity contribution in [1.82, 2.24) is 9.88 Å². The number of nitrogens with zero attached hydrogens (tertiary/aromatic N) is 3. The smallest absolute Gasteiger partial charge is 0.367 e. The molecule has 2 rings (SSSR count). The predicted octanol–water partition coefficient (Wildman–Crippen LogP) is 2.12. The quantitative estimate of drug-likeness (QED) is 0.484. The monoisotopic (exact) mass is 281 g/mol. The van der Waals surface area contributed by atoms with Gasteiger partial charge in [0.25, 0.3) is 0 Å². The highest BCUT2D eigenvalue weighted by Crippen LogP contribution is 2.25. The molecule has 19 heavy (non-hydrogen) atoms. The molecule has 1 aromatic heterocycles. The lowest BCUT2D eigenvalue weighted by molar-refractivity contribution is 0.0525. The summed E-state index contributed by atoms with van der Waals surface area (Å²) in [6.07, 6.45) is 0.863. The van der Waals surface area contributed by atoms with E-state index in [4.69, 9.17) is 4.74 Å². The summed E-state index contributed by atoms with van der Waals surface area (Å²) < 4.78 is 4.99. The Morgan fingerprint density at radius 3 is 3.00 bits per heavy atom. The average molecular weight is 281 g/mol. The molecule has 104 valence electrons. The van der Waals surface area contributed by atoms with E-state index >= 15 is 0 Å². The van der Waals surface area contributed by atoms with Crippen molar-refractivity contribution >= 4 is 23.1 Å². The zero-order valence-corrected chi connectivity index (χ0v) is 12.4. The summed E-state index contributed by atoms with van der Waals surface area (Å²) in [6.45, 7) is 8.75. The predicted molar refractivity (Wildman–Crippen MR) is 75.8 cm³/mol. The van der Waals surface area contributed by atoms with Crippen LogP contribution < -0.4 is 0 Å². The van der Waals surface area contributed by atoms with Crippen molar-refractivity contribution in [1.29, 1.82) is 0 Å². The molecule has 1 aromatic rings. The second-order valence-electron chi connectivity index (χ2n) is 4.30. The number of rotatable bonds is 3. The second-order valence-corrected chi connectivity index (χ2v) is 5.39. The summed E-state index contributed by atoms with van der Waals surface area (Å²) in [5.41, 5.74) is 1.04. The molecule has 0 aromatic carbocycles. The van der Waals surface area contributed by atoms with E-state index in [0.29, 0.717) is 11.6 Å². The van der Waals surface area contributed by atoms with Gasteiger partial charge in [-0.25, -0.2) is 9.78 Å². The van der Waals surface area contributed by atoms with Gasteiger partial charge >= 0.3 is 5.97 Å². The first kappa shape index (κ1) is 14.0. The van der Waals surface area contributed by atoms with Gasteiger partial charge in [0.05, 0.1) is 24.7 Å². The maximum Gasteiger partial charge on any atom is 0.367 e. The third kappa shape index (κ3) is 3.12. The largest absolute Gasteiger partial charge is 0.461 e. The van der Waals surface area contributed by atoms with E-state index in [1.807, 2.05) is 13.8 Å². The zero-order chi connectivity index (χ0) is 13.8. The zero-order valence-electron chi connectivity index (χ0n) is 11.6. The molecule has 0 radical (unpaired) electrons. The van der Waals surface area contributed by atoms with Crippen molar-refractivity contribution < 1.29 is 9.53 Å². The molecule has 5 nitrogen and oxygen atoms in total. The molecule has 0 atom stereocenters. The number of thiazole rings is 1. The van der Waals surface area contributed by atoms with Crippen molar-refractivity contribution in [3.63, 3.8) is 0 Å². The summed E-state index contributed by atoms with van der Waals surface area (Å²) in [5.74, 6) is 0.742. The van der Waals surface area contributed by atoms with E-state index in [1.54, 1.807) is 6.92 Å². The molecule has 6 heteroatoms. The van der Waals surface area contributed by atoms with Gasteiger partial charge in [-0.05, 0) is 20.8 Å². The van der Waals surface area contributed by atoms with Crippen LogP contribution in [-0.2, 0) is 17.7 Å². The van der Waals surface area contributed by atoms with Crippen LogP contribution in [-0.4, -0.2) is 41.4 Å². The number of carbonyl (C=O) groups is 1. The summed E-state index contributed by atoms with van der Waals surface area (Å²) in [7, 11) is 0. The van der Waals surface area contributed by atoms with Crippen LogP contribution in [0, 0.1) is 0 Å². The number of aliphatic imine (C=N–C) groups is 1. The van der Waals surface area contributed by atoms with Gasteiger partial charge in [-0.1, -0.05) is 0 Å². The van der Waals surface area contributed by atoms with E-state index in [0.717, 1.165) is 42.5 Å². The van der Waals surface area contributed by atoms with E-state index < -0.39 is 0 Å². The summed E-state index contributed by atoms with van der Waals surface area (Å²) in [6, 6.07) is 0. The lowest BCUT2D eigenvalue weighted by atomic mass is 10.2. The lowest BCUT2D eigenvalue weighted by Gasteiger charge is -2.27. The third-order valence-electron chi connectivity index (χ3n) is 3.03. The molecule has 0 saturated carbocycles. The fourth-order valence-electron chi connectivity index (χ4n) is 2.08. The van der Waals surface area contributed by atoms with E-state index in [9.17, 15) is 4.79 Å². The number of esters is 1. The van der Waals surface area contributed by atoms with Crippen LogP contribution in [0.5, 0.6) is 0 Å². The van der Waals surface area contributed by atoms with Gasteiger partial charge < -0.3 is 9.64 Å². The highest BCUT2D eigenvalue weighted by atomic mass is 32.1. The number of fused-ring (bicyclic) bond motifs is 1. The topological polar surface area (TPSA) is 54.8 Å². The van der Waals surface area contributed by atoms with Crippen molar-refractivity contribution in [2.24, 2.45) is 4.99 Å². The van der Waals surface area contributed by atoms with Crippen molar-refractivity contribution in [2.75, 3.05) is 19.7 Å². The molecule has 0 aliphatic carbocycles. The van der Waals surface area contributed by atoms with Gasteiger partial charge in [0.1, 0.15) is 0 Å². The molecule has 2 heterocycles. The summed E-state index contributed by atoms with van der Waals surface area (Å²) in [5, 5.41) is 0.471. The van der Waals surface area contributed by atoms with Crippen molar-refractivity contribution in [3.05, 3.63) is 15.6 Å². The van der Waals surface area contributed by atoms with Gasteiger partial charge in [0, 0.05) is 24.4 Å². The molecule has 1 aliphatic rings. The number of carbonyl (C=O) groups excluding carboxylic acids is 1. The van der Waals surface area contributed by atoms with Crippen LogP contribution >= 0.6 is 11.3 Å². The van der Waals surface area contributed by atoms with E-state index in [1.165, 1.54) is 11.3 Å². The molecule has 1 aliphatic heterocycles. The lowest BCUT2D eigenvalue weighted by Crippen LogP contribution is -2.34. The molecular weight excluding hydrogens is 262 g/mol.